The highest BCUT2D eigenvalue weighted by Gasteiger charge is 2.22. The van der Waals surface area contributed by atoms with Crippen LogP contribution >= 0.6 is 0 Å². The maximum atomic E-state index is 5.02. The van der Waals surface area contributed by atoms with E-state index in [0.717, 1.165) is 55.7 Å². The number of aromatic nitrogens is 6. The number of rotatable bonds is 3. The summed E-state index contributed by atoms with van der Waals surface area (Å²) in [4.78, 5) is 19.0. The zero-order valence-electron chi connectivity index (χ0n) is 18.7. The van der Waals surface area contributed by atoms with E-state index in [-0.39, 0.29) is 0 Å². The van der Waals surface area contributed by atoms with Crippen LogP contribution in [0.15, 0.2) is 116 Å². The van der Waals surface area contributed by atoms with Crippen molar-refractivity contribution >= 4 is 21.8 Å². The van der Waals surface area contributed by atoms with Gasteiger partial charge < -0.3 is 0 Å². The van der Waals surface area contributed by atoms with Crippen molar-refractivity contribution in [1.29, 1.82) is 0 Å². The van der Waals surface area contributed by atoms with Gasteiger partial charge in [0.15, 0.2) is 0 Å². The molecular weight excluding hydrogens is 432 g/mol. The molecule has 6 aromatic heterocycles. The largest absolute Gasteiger partial charge is 0.256 e. The van der Waals surface area contributed by atoms with Crippen molar-refractivity contribution in [2.45, 2.75) is 0 Å². The van der Waals surface area contributed by atoms with Gasteiger partial charge in [-0.15, -0.1) is 4.52 Å². The molecule has 0 fully saturated rings. The quantitative estimate of drug-likeness (QED) is 0.266. The van der Waals surface area contributed by atoms with Gasteiger partial charge in [-0.2, -0.15) is 0 Å². The first-order valence-corrected chi connectivity index (χ1v) is 11.4. The summed E-state index contributed by atoms with van der Waals surface area (Å²) >= 11 is 0. The number of hydrogen-bond donors (Lipinski definition) is 0. The first-order valence-electron chi connectivity index (χ1n) is 11.4. The molecule has 6 heteroatoms. The second-order valence-electron chi connectivity index (χ2n) is 8.35. The van der Waals surface area contributed by atoms with Gasteiger partial charge in [0.05, 0.1) is 39.9 Å². The Morgan fingerprint density at radius 2 is 1.49 bits per heavy atom. The molecule has 0 atom stereocenters. The fraction of sp³-hybridized carbons (Fsp3) is 0. The molecule has 0 unspecified atom stereocenters. The predicted octanol–water partition coefficient (Wildman–Crippen LogP) is 5.41. The summed E-state index contributed by atoms with van der Waals surface area (Å²) in [6.07, 6.45) is 11.6. The molecule has 0 N–H and O–H groups in total. The van der Waals surface area contributed by atoms with E-state index >= 15 is 0 Å². The van der Waals surface area contributed by atoms with Gasteiger partial charge in [-0.05, 0) is 42.5 Å². The molecule has 1 aromatic carbocycles. The summed E-state index contributed by atoms with van der Waals surface area (Å²) in [6.45, 7) is 0. The fourth-order valence-electron chi connectivity index (χ4n) is 4.60. The van der Waals surface area contributed by atoms with E-state index in [1.54, 1.807) is 0 Å². The van der Waals surface area contributed by atoms with Crippen molar-refractivity contribution < 1.29 is 4.52 Å². The molecule has 6 heterocycles. The summed E-state index contributed by atoms with van der Waals surface area (Å²) < 4.78 is 4.13. The van der Waals surface area contributed by atoms with Crippen molar-refractivity contribution in [3.63, 3.8) is 0 Å². The van der Waals surface area contributed by atoms with Crippen LogP contribution in [0.1, 0.15) is 0 Å². The molecule has 164 valence electrons. The van der Waals surface area contributed by atoms with Crippen LogP contribution in [-0.4, -0.2) is 24.5 Å². The Hall–Kier alpha value is -4.97. The molecule has 0 spiro atoms. The Kier molecular flexibility index (Phi) is 4.35. The van der Waals surface area contributed by atoms with E-state index in [0.29, 0.717) is 0 Å². The van der Waals surface area contributed by atoms with Crippen LogP contribution < -0.4 is 4.52 Å². The molecular formula is C29H19N6+. The molecule has 0 saturated heterocycles. The molecule has 35 heavy (non-hydrogen) atoms. The minimum Gasteiger partial charge on any atom is -0.256 e. The van der Waals surface area contributed by atoms with Crippen molar-refractivity contribution in [2.24, 2.45) is 0 Å². The lowest BCUT2D eigenvalue weighted by Gasteiger charge is -2.07. The molecule has 0 bridgehead atoms. The Balaban J connectivity index is 1.43. The van der Waals surface area contributed by atoms with Gasteiger partial charge in [0.2, 0.25) is 12.4 Å². The molecule has 0 amide bonds. The topological polar surface area (TPSA) is 60.1 Å². The maximum Gasteiger partial charge on any atom is 0.212 e. The Morgan fingerprint density at radius 1 is 0.629 bits per heavy atom. The van der Waals surface area contributed by atoms with Crippen LogP contribution in [0, 0.1) is 0 Å². The number of nitrogens with zero attached hydrogens (tertiary/aromatic N) is 6. The average molecular weight is 452 g/mol. The number of benzene rings is 1. The molecule has 0 aliphatic carbocycles. The zero-order chi connectivity index (χ0) is 23.2. The molecule has 0 aliphatic rings. The van der Waals surface area contributed by atoms with Crippen molar-refractivity contribution in [2.75, 3.05) is 0 Å². The summed E-state index contributed by atoms with van der Waals surface area (Å²) in [5.41, 5.74) is 7.41. The van der Waals surface area contributed by atoms with Gasteiger partial charge in [0.1, 0.15) is 5.69 Å². The Morgan fingerprint density at radius 3 is 2.40 bits per heavy atom. The fourth-order valence-corrected chi connectivity index (χ4v) is 4.60. The highest BCUT2D eigenvalue weighted by Crippen LogP contribution is 2.31. The van der Waals surface area contributed by atoms with Crippen molar-refractivity contribution in [3.05, 3.63) is 116 Å². The van der Waals surface area contributed by atoms with E-state index in [1.165, 1.54) is 0 Å². The summed E-state index contributed by atoms with van der Waals surface area (Å²) in [5.74, 6) is 0. The monoisotopic (exact) mass is 451 g/mol. The predicted molar refractivity (Wildman–Crippen MR) is 136 cm³/mol. The highest BCUT2D eigenvalue weighted by atomic mass is 15.3. The van der Waals surface area contributed by atoms with E-state index < -0.39 is 0 Å². The number of hydrogen-bond acceptors (Lipinski definition) is 4. The van der Waals surface area contributed by atoms with Gasteiger partial charge in [-0.3, -0.25) is 15.0 Å². The van der Waals surface area contributed by atoms with Crippen LogP contribution in [0.2, 0.25) is 0 Å². The van der Waals surface area contributed by atoms with Gasteiger partial charge in [-0.1, -0.05) is 34.8 Å². The Labute approximate surface area is 200 Å². The minimum absolute atomic E-state index is 0.847. The van der Waals surface area contributed by atoms with Crippen molar-refractivity contribution in [1.82, 2.24) is 24.5 Å². The molecule has 6 nitrogen and oxygen atoms in total. The lowest BCUT2D eigenvalue weighted by atomic mass is 10.0. The van der Waals surface area contributed by atoms with E-state index in [1.807, 2.05) is 78.0 Å². The summed E-state index contributed by atoms with van der Waals surface area (Å²) in [5, 5.41) is 2.15. The van der Waals surface area contributed by atoms with E-state index in [2.05, 4.69) is 57.1 Å². The molecule has 0 aliphatic heterocycles. The van der Waals surface area contributed by atoms with Crippen LogP contribution in [0.3, 0.4) is 0 Å². The normalized spacial score (nSPS) is 11.4. The second-order valence-corrected chi connectivity index (χ2v) is 8.35. The first-order chi connectivity index (χ1) is 17.3. The average Bonchev–Trinajstić information content (AvgIpc) is 3.33. The molecule has 0 radical (unpaired) electrons. The maximum absolute atomic E-state index is 5.02. The molecule has 7 aromatic rings. The van der Waals surface area contributed by atoms with Crippen LogP contribution in [0.4, 0.5) is 0 Å². The van der Waals surface area contributed by atoms with Crippen LogP contribution in [0.25, 0.3) is 55.7 Å². The second kappa shape index (κ2) is 7.81. The van der Waals surface area contributed by atoms with Crippen LogP contribution in [-0.2, 0) is 0 Å². The lowest BCUT2D eigenvalue weighted by molar-refractivity contribution is -0.616. The van der Waals surface area contributed by atoms with Gasteiger partial charge in [0.25, 0.3) is 0 Å². The molecule has 7 rings (SSSR count). The molecule has 0 saturated carbocycles. The van der Waals surface area contributed by atoms with Crippen LogP contribution in [0.5, 0.6) is 0 Å². The third kappa shape index (κ3) is 3.23. The smallest absolute Gasteiger partial charge is 0.212 e. The minimum atomic E-state index is 0.847. The highest BCUT2D eigenvalue weighted by molar-refractivity contribution is 6.03. The van der Waals surface area contributed by atoms with Crippen molar-refractivity contribution in [3.8, 4) is 33.9 Å². The third-order valence-corrected chi connectivity index (χ3v) is 6.24. The lowest BCUT2D eigenvalue weighted by Crippen LogP contribution is -2.26. The van der Waals surface area contributed by atoms with Gasteiger partial charge >= 0.3 is 0 Å². The van der Waals surface area contributed by atoms with Gasteiger partial charge in [0, 0.05) is 41.0 Å². The summed E-state index contributed by atoms with van der Waals surface area (Å²) in [7, 11) is 0. The standard InChI is InChI=1S/C29H19N6/c1-2-13-30-25(7-1)23-19-34-16-3-4-17-35(34)29(23)26-18-22(12-15-31-26)24-11-10-21-9-8-20-6-5-14-32-27(20)28(21)33-24/h1-19H/q+1. The summed E-state index contributed by atoms with van der Waals surface area (Å²) in [6, 6.07) is 26.4. The zero-order valence-corrected chi connectivity index (χ0v) is 18.7. The first kappa shape index (κ1) is 19.5. The van der Waals surface area contributed by atoms with Gasteiger partial charge in [-0.25, -0.2) is 4.98 Å². The SMILES string of the molecule is c1ccc(-c2c[n+]3ccccn3c2-c2cc(-c3ccc4ccc5cccnc5c4n3)ccn2)nc1. The number of fused-ring (bicyclic) bond motifs is 4. The number of pyridine rings is 4. The third-order valence-electron chi connectivity index (χ3n) is 6.24. The Bertz CT molecular complexity index is 1860. The van der Waals surface area contributed by atoms with E-state index in [9.17, 15) is 0 Å². The van der Waals surface area contributed by atoms with E-state index in [4.69, 9.17) is 9.97 Å².